The van der Waals surface area contributed by atoms with Crippen molar-refractivity contribution in [3.8, 4) is 6.07 Å². The molecule has 0 atom stereocenters. The number of nitrogens with one attached hydrogen (secondary N) is 2. The molecular formula is C21H24N6O4S. The van der Waals surface area contributed by atoms with E-state index in [-0.39, 0.29) is 16.9 Å². The second kappa shape index (κ2) is 8.38. The number of pyridine rings is 1. The average molecular weight is 457 g/mol. The van der Waals surface area contributed by atoms with E-state index in [0.717, 1.165) is 4.31 Å². The van der Waals surface area contributed by atoms with E-state index in [1.807, 2.05) is 0 Å². The lowest BCUT2D eigenvalue weighted by molar-refractivity contribution is 0.0194. The van der Waals surface area contributed by atoms with Crippen LogP contribution in [0.1, 0.15) is 19.3 Å². The summed E-state index contributed by atoms with van der Waals surface area (Å²) in [5, 5.41) is 17.7. The molecule has 1 aliphatic rings. The number of aromatic amines is 1. The number of ether oxygens (including phenoxy) is 1. The number of hydrogen-bond acceptors (Lipinski definition) is 7. The van der Waals surface area contributed by atoms with E-state index in [1.54, 1.807) is 29.1 Å². The molecule has 3 heterocycles. The first-order valence-corrected chi connectivity index (χ1v) is 11.6. The van der Waals surface area contributed by atoms with E-state index in [0.29, 0.717) is 48.5 Å². The Bertz CT molecular complexity index is 1330. The Kier molecular flexibility index (Phi) is 5.77. The fourth-order valence-electron chi connectivity index (χ4n) is 3.95. The monoisotopic (exact) mass is 456 g/mol. The van der Waals surface area contributed by atoms with Gasteiger partial charge in [-0.25, -0.2) is 12.7 Å². The van der Waals surface area contributed by atoms with Crippen LogP contribution < -0.4 is 10.9 Å². The number of nitriles is 1. The van der Waals surface area contributed by atoms with Crippen LogP contribution in [-0.2, 0) is 20.3 Å². The highest BCUT2D eigenvalue weighted by atomic mass is 32.2. The van der Waals surface area contributed by atoms with Crippen LogP contribution >= 0.6 is 0 Å². The van der Waals surface area contributed by atoms with Crippen LogP contribution in [0.3, 0.4) is 0 Å². The molecule has 0 spiro atoms. The zero-order valence-electron chi connectivity index (χ0n) is 17.8. The van der Waals surface area contributed by atoms with Crippen LogP contribution in [0.25, 0.3) is 10.9 Å². The molecule has 11 heteroatoms. The topological polar surface area (TPSA) is 133 Å². The third-order valence-electron chi connectivity index (χ3n) is 5.78. The maximum Gasteiger partial charge on any atom is 0.261 e. The van der Waals surface area contributed by atoms with Crippen molar-refractivity contribution in [2.24, 2.45) is 0 Å². The minimum atomic E-state index is -3.54. The molecule has 2 N–H and O–H groups in total. The molecule has 0 bridgehead atoms. The summed E-state index contributed by atoms with van der Waals surface area (Å²) < 4.78 is 33.0. The van der Waals surface area contributed by atoms with Crippen LogP contribution in [0.2, 0.25) is 0 Å². The Morgan fingerprint density at radius 1 is 1.25 bits per heavy atom. The van der Waals surface area contributed by atoms with Crippen molar-refractivity contribution in [3.05, 3.63) is 46.9 Å². The molecular weight excluding hydrogens is 432 g/mol. The van der Waals surface area contributed by atoms with Crippen LogP contribution in [0.15, 0.2) is 46.2 Å². The zero-order valence-corrected chi connectivity index (χ0v) is 18.6. The third kappa shape index (κ3) is 3.77. The summed E-state index contributed by atoms with van der Waals surface area (Å²) in [6.45, 7) is 1.02. The van der Waals surface area contributed by atoms with Crippen molar-refractivity contribution in [3.63, 3.8) is 0 Å². The molecule has 0 amide bonds. The molecule has 2 aromatic heterocycles. The Hall–Kier alpha value is -3.20. The summed E-state index contributed by atoms with van der Waals surface area (Å²) in [6, 6.07) is 10.3. The molecule has 10 nitrogen and oxygen atoms in total. The van der Waals surface area contributed by atoms with Gasteiger partial charge in [-0.05, 0) is 43.2 Å². The Balaban J connectivity index is 1.78. The van der Waals surface area contributed by atoms with E-state index in [1.165, 1.54) is 26.2 Å². The molecule has 1 saturated heterocycles. The van der Waals surface area contributed by atoms with Crippen LogP contribution in [-0.4, -0.2) is 54.8 Å². The summed E-state index contributed by atoms with van der Waals surface area (Å²) in [7, 11) is -0.600. The Morgan fingerprint density at radius 3 is 2.56 bits per heavy atom. The van der Waals surface area contributed by atoms with Crippen molar-refractivity contribution in [2.75, 3.05) is 32.6 Å². The van der Waals surface area contributed by atoms with Gasteiger partial charge in [-0.3, -0.25) is 9.48 Å². The van der Waals surface area contributed by atoms with E-state index < -0.39 is 15.6 Å². The van der Waals surface area contributed by atoms with Crippen molar-refractivity contribution >= 4 is 32.4 Å². The smallest absolute Gasteiger partial charge is 0.261 e. The second-order valence-corrected chi connectivity index (χ2v) is 10.1. The number of H-pyrrole nitrogens is 1. The molecule has 0 aliphatic carbocycles. The van der Waals surface area contributed by atoms with E-state index in [4.69, 9.17) is 9.84 Å². The molecule has 32 heavy (non-hydrogen) atoms. The minimum absolute atomic E-state index is 0.163. The van der Waals surface area contributed by atoms with Crippen LogP contribution in [0, 0.1) is 11.3 Å². The summed E-state index contributed by atoms with van der Waals surface area (Å²) in [5.74, 6) is 0.342. The van der Waals surface area contributed by atoms with Gasteiger partial charge in [0.15, 0.2) is 5.82 Å². The van der Waals surface area contributed by atoms with Gasteiger partial charge in [0.1, 0.15) is 5.39 Å². The van der Waals surface area contributed by atoms with Gasteiger partial charge >= 0.3 is 0 Å². The van der Waals surface area contributed by atoms with Gasteiger partial charge < -0.3 is 15.0 Å². The van der Waals surface area contributed by atoms with Gasteiger partial charge in [0.05, 0.1) is 28.4 Å². The maximum atomic E-state index is 12.7. The number of nitrogens with zero attached hydrogens (tertiary/aromatic N) is 4. The number of anilines is 2. The molecule has 1 aliphatic heterocycles. The fraction of sp³-hybridized carbons (Fsp3) is 0.381. The lowest BCUT2D eigenvalue weighted by atomic mass is 9.87. The van der Waals surface area contributed by atoms with E-state index >= 15 is 0 Å². The summed E-state index contributed by atoms with van der Waals surface area (Å²) in [6.07, 6.45) is 3.03. The summed E-state index contributed by atoms with van der Waals surface area (Å²) >= 11 is 0. The highest BCUT2D eigenvalue weighted by molar-refractivity contribution is 7.89. The van der Waals surface area contributed by atoms with Crippen molar-refractivity contribution < 1.29 is 13.2 Å². The Morgan fingerprint density at radius 2 is 1.94 bits per heavy atom. The number of hydrogen-bond donors (Lipinski definition) is 2. The first kappa shape index (κ1) is 22.0. The predicted molar refractivity (Wildman–Crippen MR) is 119 cm³/mol. The maximum absolute atomic E-state index is 12.7. The summed E-state index contributed by atoms with van der Waals surface area (Å²) in [4.78, 5) is 15.5. The fourth-order valence-corrected chi connectivity index (χ4v) is 4.85. The van der Waals surface area contributed by atoms with E-state index in [9.17, 15) is 18.5 Å². The Labute approximate surface area is 185 Å². The largest absolute Gasteiger partial charge is 0.381 e. The standard InChI is InChI=1S/C21H24N6O4S/c1-26(2)32(29,30)16-5-3-15(4-6-16)24-19-18-17(7-12-23-20(18)28)27(25-19)21(8-11-22)9-13-31-14-10-21/h3-7,12H,8-10,13-14H2,1-2H3,(H,23,28)(H,24,25). The average Bonchev–Trinajstić information content (AvgIpc) is 3.15. The predicted octanol–water partition coefficient (Wildman–Crippen LogP) is 2.14. The van der Waals surface area contributed by atoms with Gasteiger partial charge in [0.25, 0.3) is 5.56 Å². The number of aromatic nitrogens is 3. The molecule has 1 aromatic carbocycles. The first-order chi connectivity index (χ1) is 15.3. The van der Waals surface area contributed by atoms with Gasteiger partial charge in [-0.2, -0.15) is 10.4 Å². The molecule has 4 rings (SSSR count). The minimum Gasteiger partial charge on any atom is -0.381 e. The lowest BCUT2D eigenvalue weighted by Crippen LogP contribution is -2.40. The van der Waals surface area contributed by atoms with Crippen molar-refractivity contribution in [2.45, 2.75) is 29.7 Å². The zero-order chi connectivity index (χ0) is 22.9. The lowest BCUT2D eigenvalue weighted by Gasteiger charge is -2.36. The highest BCUT2D eigenvalue weighted by Gasteiger charge is 2.37. The third-order valence-corrected chi connectivity index (χ3v) is 7.61. The highest BCUT2D eigenvalue weighted by Crippen LogP contribution is 2.36. The SMILES string of the molecule is CN(C)S(=O)(=O)c1ccc(Nc2nn(C3(CC#N)CCOCC3)c3cc[nH]c(=O)c23)cc1. The first-order valence-electron chi connectivity index (χ1n) is 10.1. The molecule has 0 unspecified atom stereocenters. The van der Waals surface area contributed by atoms with Crippen molar-refractivity contribution in [1.82, 2.24) is 19.1 Å². The number of rotatable bonds is 6. The number of benzene rings is 1. The molecule has 3 aromatic rings. The van der Waals surface area contributed by atoms with Crippen LogP contribution in [0.4, 0.5) is 11.5 Å². The molecule has 0 saturated carbocycles. The normalized spacial score (nSPS) is 16.2. The van der Waals surface area contributed by atoms with Gasteiger partial charge in [0, 0.05) is 39.2 Å². The van der Waals surface area contributed by atoms with Gasteiger partial charge in [-0.1, -0.05) is 0 Å². The molecule has 1 fully saturated rings. The van der Waals surface area contributed by atoms with E-state index in [2.05, 4.69) is 16.4 Å². The van der Waals surface area contributed by atoms with Crippen LogP contribution in [0.5, 0.6) is 0 Å². The van der Waals surface area contributed by atoms with Gasteiger partial charge in [0.2, 0.25) is 10.0 Å². The number of sulfonamides is 1. The number of fused-ring (bicyclic) bond motifs is 1. The quantitative estimate of drug-likeness (QED) is 0.580. The second-order valence-electron chi connectivity index (χ2n) is 7.94. The molecule has 168 valence electrons. The summed E-state index contributed by atoms with van der Waals surface area (Å²) in [5.41, 5.74) is 0.337. The molecule has 0 radical (unpaired) electrons. The van der Waals surface area contributed by atoms with Gasteiger partial charge in [-0.15, -0.1) is 0 Å². The van der Waals surface area contributed by atoms with Crippen molar-refractivity contribution in [1.29, 1.82) is 5.26 Å².